The molecule has 0 fully saturated rings. The molecule has 0 radical (unpaired) electrons. The van der Waals surface area contributed by atoms with E-state index in [-0.39, 0.29) is 0 Å². The Labute approximate surface area is 94.3 Å². The van der Waals surface area contributed by atoms with Crippen molar-refractivity contribution >= 4 is 0 Å². The second-order valence-electron chi connectivity index (χ2n) is 2.57. The van der Waals surface area contributed by atoms with Crippen molar-refractivity contribution in [3.63, 3.8) is 0 Å². The van der Waals surface area contributed by atoms with Crippen molar-refractivity contribution in [2.75, 3.05) is 39.6 Å². The summed E-state index contributed by atoms with van der Waals surface area (Å²) >= 11 is 0. The van der Waals surface area contributed by atoms with Gasteiger partial charge in [0.15, 0.2) is 0 Å². The first-order valence-electron chi connectivity index (χ1n) is 5.41. The highest BCUT2D eigenvalue weighted by atomic mass is 15.2. The number of nitrogens with zero attached hydrogens (tertiary/aromatic N) is 1. The highest BCUT2D eigenvalue weighted by molar-refractivity contribution is 4.41. The first-order valence-corrected chi connectivity index (χ1v) is 5.41. The molecule has 0 atom stereocenters. The fourth-order valence-electron chi connectivity index (χ4n) is 0.477. The van der Waals surface area contributed by atoms with Gasteiger partial charge in [-0.2, -0.15) is 0 Å². The Balaban J connectivity index is -0.000000158. The topological polar surface area (TPSA) is 119 Å². The fourth-order valence-corrected chi connectivity index (χ4v) is 0.477. The smallest absolute Gasteiger partial charge is 0.0467 e. The van der Waals surface area contributed by atoms with Gasteiger partial charge in [-0.25, -0.2) is 0 Å². The van der Waals surface area contributed by atoms with Gasteiger partial charge >= 0.3 is 0 Å². The second kappa shape index (κ2) is 23.5. The minimum absolute atomic E-state index is 0.562. The number of nitrogens with two attached hydrogens (primary N) is 4. The molecule has 0 heterocycles. The standard InChI is InChI=1S/C4H13N3.C3H10N2.C2H7N/c1-2-7(3-5)4-6;1-2-5-3-4;1-2-3/h2-6H2,1H3;5H,2-4H2,1H3;2-3H2,1H3. The highest BCUT2D eigenvalue weighted by Gasteiger charge is 1.89. The molecular weight excluding hydrogens is 192 g/mol. The molecule has 0 rings (SSSR count). The van der Waals surface area contributed by atoms with Crippen LogP contribution in [0.3, 0.4) is 0 Å². The van der Waals surface area contributed by atoms with Crippen LogP contribution in [0, 0.1) is 0 Å². The van der Waals surface area contributed by atoms with E-state index in [1.54, 1.807) is 0 Å². The van der Waals surface area contributed by atoms with Gasteiger partial charge in [0, 0.05) is 20.0 Å². The van der Waals surface area contributed by atoms with Crippen LogP contribution in [0.4, 0.5) is 0 Å². The van der Waals surface area contributed by atoms with Crippen molar-refractivity contribution in [1.29, 1.82) is 0 Å². The quantitative estimate of drug-likeness (QED) is 0.366. The molecule has 0 aromatic carbocycles. The van der Waals surface area contributed by atoms with E-state index in [0.29, 0.717) is 20.0 Å². The molecule has 0 saturated carbocycles. The van der Waals surface area contributed by atoms with Crippen molar-refractivity contribution in [3.05, 3.63) is 0 Å². The number of nitrogens with one attached hydrogen (secondary N) is 1. The van der Waals surface area contributed by atoms with Crippen molar-refractivity contribution in [1.82, 2.24) is 10.2 Å². The van der Waals surface area contributed by atoms with E-state index in [4.69, 9.17) is 22.9 Å². The van der Waals surface area contributed by atoms with Crippen LogP contribution in [0.15, 0.2) is 0 Å². The van der Waals surface area contributed by atoms with Gasteiger partial charge in [-0.3, -0.25) is 4.90 Å². The summed E-state index contributed by atoms with van der Waals surface area (Å²) < 4.78 is 0. The van der Waals surface area contributed by atoms with E-state index < -0.39 is 0 Å². The van der Waals surface area contributed by atoms with Gasteiger partial charge in [-0.05, 0) is 19.6 Å². The monoisotopic (exact) mass is 222 g/mol. The van der Waals surface area contributed by atoms with E-state index in [1.165, 1.54) is 0 Å². The Morgan fingerprint density at radius 3 is 1.33 bits per heavy atom. The summed E-state index contributed by atoms with van der Waals surface area (Å²) in [5.74, 6) is 0. The maximum absolute atomic E-state index is 5.24. The molecule has 0 unspecified atom stereocenters. The van der Waals surface area contributed by atoms with Crippen molar-refractivity contribution < 1.29 is 0 Å². The Bertz CT molecular complexity index is 69.5. The number of hydrogen-bond donors (Lipinski definition) is 5. The van der Waals surface area contributed by atoms with Crippen LogP contribution >= 0.6 is 0 Å². The minimum Gasteiger partial charge on any atom is -0.331 e. The summed E-state index contributed by atoms with van der Waals surface area (Å²) in [6, 6.07) is 0. The molecule has 0 bridgehead atoms. The van der Waals surface area contributed by atoms with Crippen LogP contribution in [0.1, 0.15) is 20.8 Å². The second-order valence-corrected chi connectivity index (χ2v) is 2.57. The van der Waals surface area contributed by atoms with Crippen LogP contribution in [0.2, 0.25) is 0 Å². The van der Waals surface area contributed by atoms with E-state index in [9.17, 15) is 0 Å². The number of hydrogen-bond acceptors (Lipinski definition) is 6. The lowest BCUT2D eigenvalue weighted by Crippen LogP contribution is -2.34. The van der Waals surface area contributed by atoms with Gasteiger partial charge < -0.3 is 28.3 Å². The van der Waals surface area contributed by atoms with Gasteiger partial charge in [0.05, 0.1) is 0 Å². The molecule has 0 aromatic rings. The van der Waals surface area contributed by atoms with E-state index in [2.05, 4.69) is 5.32 Å². The largest absolute Gasteiger partial charge is 0.331 e. The molecule has 0 aromatic heterocycles. The maximum atomic E-state index is 5.24. The molecule has 15 heavy (non-hydrogen) atoms. The summed E-state index contributed by atoms with van der Waals surface area (Å²) in [6.07, 6.45) is 0. The summed E-state index contributed by atoms with van der Waals surface area (Å²) in [4.78, 5) is 1.93. The normalized spacial score (nSPS) is 8.80. The lowest BCUT2D eigenvalue weighted by molar-refractivity contribution is 0.306. The van der Waals surface area contributed by atoms with Crippen molar-refractivity contribution in [2.24, 2.45) is 22.9 Å². The summed E-state index contributed by atoms with van der Waals surface area (Å²) in [5.41, 5.74) is 20.4. The van der Waals surface area contributed by atoms with Crippen molar-refractivity contribution in [2.45, 2.75) is 20.8 Å². The first kappa shape index (κ1) is 20.2. The van der Waals surface area contributed by atoms with Crippen molar-refractivity contribution in [3.8, 4) is 0 Å². The average Bonchev–Trinajstić information content (AvgIpc) is 2.24. The van der Waals surface area contributed by atoms with E-state index in [0.717, 1.165) is 19.6 Å². The third kappa shape index (κ3) is 31.6. The van der Waals surface area contributed by atoms with E-state index in [1.807, 2.05) is 25.7 Å². The van der Waals surface area contributed by atoms with Gasteiger partial charge in [0.2, 0.25) is 0 Å². The molecule has 0 aliphatic carbocycles. The molecule has 0 saturated heterocycles. The predicted molar refractivity (Wildman–Crippen MR) is 67.9 cm³/mol. The minimum atomic E-state index is 0.562. The Morgan fingerprint density at radius 2 is 1.33 bits per heavy atom. The molecule has 6 heteroatoms. The third-order valence-corrected chi connectivity index (χ3v) is 1.36. The van der Waals surface area contributed by atoms with Crippen LogP contribution in [-0.4, -0.2) is 44.5 Å². The molecule has 0 spiro atoms. The summed E-state index contributed by atoms with van der Waals surface area (Å²) in [5, 5.41) is 2.89. The van der Waals surface area contributed by atoms with Gasteiger partial charge in [0.1, 0.15) is 0 Å². The lowest BCUT2D eigenvalue weighted by Gasteiger charge is -2.12. The molecule has 9 N–H and O–H groups in total. The Kier molecular flexibility index (Phi) is 31.7. The molecule has 6 nitrogen and oxygen atoms in total. The molecule has 96 valence electrons. The Hall–Kier alpha value is -0.240. The predicted octanol–water partition coefficient (Wildman–Crippen LogP) is -1.38. The van der Waals surface area contributed by atoms with Gasteiger partial charge in [-0.1, -0.05) is 20.8 Å². The first-order chi connectivity index (χ1) is 7.17. The highest BCUT2D eigenvalue weighted by Crippen LogP contribution is 1.73. The van der Waals surface area contributed by atoms with Gasteiger partial charge in [-0.15, -0.1) is 0 Å². The third-order valence-electron chi connectivity index (χ3n) is 1.36. The molecular formula is C9H30N6. The molecule has 0 aliphatic rings. The molecule has 0 amide bonds. The van der Waals surface area contributed by atoms with Crippen LogP contribution in [0.25, 0.3) is 0 Å². The van der Waals surface area contributed by atoms with Gasteiger partial charge in [0.25, 0.3) is 0 Å². The summed E-state index contributed by atoms with van der Waals surface area (Å²) in [7, 11) is 0. The SMILES string of the molecule is CCN.CCN(CN)CN.CCNCN. The summed E-state index contributed by atoms with van der Waals surface area (Å²) in [6.45, 7) is 10.3. The average molecular weight is 222 g/mol. The maximum Gasteiger partial charge on any atom is 0.0467 e. The van der Waals surface area contributed by atoms with Crippen LogP contribution in [-0.2, 0) is 0 Å². The zero-order valence-corrected chi connectivity index (χ0v) is 10.5. The van der Waals surface area contributed by atoms with Crippen LogP contribution in [0.5, 0.6) is 0 Å². The lowest BCUT2D eigenvalue weighted by atomic mass is 10.6. The number of rotatable bonds is 5. The zero-order chi connectivity index (χ0) is 12.5. The molecule has 0 aliphatic heterocycles. The van der Waals surface area contributed by atoms with Crippen LogP contribution < -0.4 is 28.3 Å². The Morgan fingerprint density at radius 1 is 0.933 bits per heavy atom. The fraction of sp³-hybridized carbons (Fsp3) is 1.00. The van der Waals surface area contributed by atoms with E-state index >= 15 is 0 Å². The zero-order valence-electron chi connectivity index (χ0n) is 10.5.